The number of fused-ring (bicyclic) bond motifs is 2. The molecule has 0 saturated heterocycles. The maximum absolute atomic E-state index is 13.4. The predicted octanol–water partition coefficient (Wildman–Crippen LogP) is 5.80. The average molecular weight is 531 g/mol. The molecule has 0 saturated carbocycles. The number of nitrogens with zero attached hydrogens (tertiary/aromatic N) is 4. The molecule has 0 N–H and O–H groups in total. The number of carbonyl (C=O) groups is 1. The van der Waals surface area contributed by atoms with Gasteiger partial charge in [0.1, 0.15) is 12.4 Å². The minimum Gasteiger partial charge on any atom is -0.484 e. The Morgan fingerprint density at radius 3 is 2.82 bits per heavy atom. The highest BCUT2D eigenvalue weighted by Crippen LogP contribution is 2.43. The van der Waals surface area contributed by atoms with E-state index in [1.807, 2.05) is 46.9 Å². The van der Waals surface area contributed by atoms with Gasteiger partial charge in [0, 0.05) is 17.0 Å². The minimum atomic E-state index is -0.00872. The molecule has 5 rings (SSSR count). The van der Waals surface area contributed by atoms with Gasteiger partial charge in [0.15, 0.2) is 11.0 Å². The van der Waals surface area contributed by atoms with Crippen LogP contribution in [0.5, 0.6) is 5.75 Å². The van der Waals surface area contributed by atoms with Crippen molar-refractivity contribution in [2.75, 3.05) is 10.7 Å². The molecule has 2 aliphatic rings. The first kappa shape index (κ1) is 23.4. The Bertz CT molecular complexity index is 1290. The molecule has 0 unspecified atom stereocenters. The second-order valence-corrected chi connectivity index (χ2v) is 10.7. The fourth-order valence-electron chi connectivity index (χ4n) is 3.81. The van der Waals surface area contributed by atoms with Crippen LogP contribution in [0, 0.1) is 0 Å². The molecule has 0 spiro atoms. The Morgan fingerprint density at radius 1 is 1.15 bits per heavy atom. The van der Waals surface area contributed by atoms with Crippen molar-refractivity contribution in [1.29, 1.82) is 0 Å². The van der Waals surface area contributed by atoms with Crippen LogP contribution in [-0.2, 0) is 18.4 Å². The van der Waals surface area contributed by atoms with E-state index >= 15 is 0 Å². The fourth-order valence-corrected chi connectivity index (χ4v) is 6.32. The molecule has 10 heteroatoms. The van der Waals surface area contributed by atoms with Gasteiger partial charge in [-0.25, -0.2) is 0 Å². The number of benzene rings is 2. The molecule has 1 aliphatic heterocycles. The molecule has 3 aromatic rings. The van der Waals surface area contributed by atoms with Gasteiger partial charge in [0.2, 0.25) is 5.91 Å². The number of aromatic nitrogens is 3. The number of ether oxygens (including phenoxy) is 1. The molecule has 174 valence electrons. The standard InChI is InChI=1S/C24H20Cl2N4O2S2/c1-29-22(13-32-19-11-10-15(25)12-16(19)26)27-28-24(29)33-14-23(31)30-17-6-2-4-8-20(17)34-21-9-5-3-7-18(21)30/h2-12,17,20H,13-14H2,1H3/t17-,20+/m0/s1. The van der Waals surface area contributed by atoms with Gasteiger partial charge >= 0.3 is 0 Å². The van der Waals surface area contributed by atoms with Crippen molar-refractivity contribution in [1.82, 2.24) is 14.8 Å². The monoisotopic (exact) mass is 530 g/mol. The van der Waals surface area contributed by atoms with Crippen LogP contribution < -0.4 is 9.64 Å². The first-order valence-electron chi connectivity index (χ1n) is 10.5. The third kappa shape index (κ3) is 4.73. The summed E-state index contributed by atoms with van der Waals surface area (Å²) in [7, 11) is 1.85. The van der Waals surface area contributed by atoms with E-state index < -0.39 is 0 Å². The van der Waals surface area contributed by atoms with Crippen LogP contribution >= 0.6 is 46.7 Å². The lowest BCUT2D eigenvalue weighted by Crippen LogP contribution is -2.48. The zero-order valence-corrected chi connectivity index (χ0v) is 21.2. The summed E-state index contributed by atoms with van der Waals surface area (Å²) in [5.41, 5.74) is 0.950. The lowest BCUT2D eigenvalue weighted by molar-refractivity contribution is -0.116. The number of rotatable bonds is 6. The molecule has 0 fully saturated rings. The quantitative estimate of drug-likeness (QED) is 0.375. The Hall–Kier alpha value is -2.39. The molecule has 6 nitrogen and oxygen atoms in total. The van der Waals surface area contributed by atoms with E-state index in [2.05, 4.69) is 28.4 Å². The Labute approximate surface area is 216 Å². The van der Waals surface area contributed by atoms with Gasteiger partial charge in [0.25, 0.3) is 0 Å². The zero-order chi connectivity index (χ0) is 23.7. The van der Waals surface area contributed by atoms with Crippen LogP contribution in [0.1, 0.15) is 5.82 Å². The van der Waals surface area contributed by atoms with Gasteiger partial charge in [0.05, 0.1) is 27.8 Å². The number of para-hydroxylation sites is 1. The van der Waals surface area contributed by atoms with E-state index in [1.165, 1.54) is 11.8 Å². The number of hydrogen-bond donors (Lipinski definition) is 0. The van der Waals surface area contributed by atoms with E-state index in [1.54, 1.807) is 30.0 Å². The summed E-state index contributed by atoms with van der Waals surface area (Å²) in [6.45, 7) is 0.191. The summed E-state index contributed by atoms with van der Waals surface area (Å²) in [6.07, 6.45) is 8.29. The van der Waals surface area contributed by atoms with Crippen LogP contribution in [0.3, 0.4) is 0 Å². The Morgan fingerprint density at radius 2 is 1.97 bits per heavy atom. The SMILES string of the molecule is Cn1c(COc2ccc(Cl)cc2Cl)nnc1SCC(=O)N1c2ccccc2S[C@@H]2C=CC=C[C@@H]21. The van der Waals surface area contributed by atoms with E-state index in [0.29, 0.717) is 26.8 Å². The first-order valence-corrected chi connectivity index (χ1v) is 13.1. The molecule has 2 heterocycles. The van der Waals surface area contributed by atoms with Crippen molar-refractivity contribution >= 4 is 58.3 Å². The van der Waals surface area contributed by atoms with Crippen molar-refractivity contribution < 1.29 is 9.53 Å². The summed E-state index contributed by atoms with van der Waals surface area (Å²) in [5.74, 6) is 1.42. The first-order chi connectivity index (χ1) is 16.5. The average Bonchev–Trinajstić information content (AvgIpc) is 3.19. The highest BCUT2D eigenvalue weighted by atomic mass is 35.5. The highest BCUT2D eigenvalue weighted by Gasteiger charge is 2.36. The van der Waals surface area contributed by atoms with Gasteiger partial charge in [-0.05, 0) is 30.3 Å². The van der Waals surface area contributed by atoms with Gasteiger partial charge < -0.3 is 14.2 Å². The number of halogens is 2. The lowest BCUT2D eigenvalue weighted by atomic mass is 10.0. The normalized spacial score (nSPS) is 18.5. The van der Waals surface area contributed by atoms with Crippen molar-refractivity contribution in [3.63, 3.8) is 0 Å². The van der Waals surface area contributed by atoms with E-state index in [9.17, 15) is 4.79 Å². The molecule has 0 radical (unpaired) electrons. The van der Waals surface area contributed by atoms with Gasteiger partial charge in [-0.2, -0.15) is 0 Å². The number of anilines is 1. The summed E-state index contributed by atoms with van der Waals surface area (Å²) >= 11 is 15.3. The predicted molar refractivity (Wildman–Crippen MR) is 138 cm³/mol. The fraction of sp³-hybridized carbons (Fsp3) is 0.208. The topological polar surface area (TPSA) is 60.2 Å². The molecule has 34 heavy (non-hydrogen) atoms. The van der Waals surface area contributed by atoms with E-state index in [-0.39, 0.29) is 29.6 Å². The molecule has 2 aromatic carbocycles. The Kier molecular flexibility index (Phi) is 6.92. The Balaban J connectivity index is 1.27. The molecular formula is C24H20Cl2N4O2S2. The summed E-state index contributed by atoms with van der Waals surface area (Å²) in [5, 5.41) is 10.3. The van der Waals surface area contributed by atoms with Crippen LogP contribution in [0.4, 0.5) is 5.69 Å². The van der Waals surface area contributed by atoms with E-state index in [4.69, 9.17) is 27.9 Å². The number of hydrogen-bond acceptors (Lipinski definition) is 6. The summed E-state index contributed by atoms with van der Waals surface area (Å²) in [6, 6.07) is 13.1. The number of carbonyl (C=O) groups excluding carboxylic acids is 1. The minimum absolute atomic E-state index is 0.00872. The van der Waals surface area contributed by atoms with Gasteiger partial charge in [-0.3, -0.25) is 4.79 Å². The van der Waals surface area contributed by atoms with Crippen LogP contribution in [-0.4, -0.2) is 37.7 Å². The second-order valence-electron chi connectivity index (χ2n) is 7.68. The lowest BCUT2D eigenvalue weighted by Gasteiger charge is -2.40. The smallest absolute Gasteiger partial charge is 0.238 e. The summed E-state index contributed by atoms with van der Waals surface area (Å²) < 4.78 is 7.60. The highest BCUT2D eigenvalue weighted by molar-refractivity contribution is 8.00. The third-order valence-electron chi connectivity index (χ3n) is 5.51. The molecule has 1 aromatic heterocycles. The number of thioether (sulfide) groups is 2. The van der Waals surface area contributed by atoms with Crippen molar-refractivity contribution in [3.8, 4) is 5.75 Å². The van der Waals surface area contributed by atoms with Crippen LogP contribution in [0.15, 0.2) is 76.8 Å². The maximum atomic E-state index is 13.4. The molecule has 1 amide bonds. The maximum Gasteiger partial charge on any atom is 0.238 e. The van der Waals surface area contributed by atoms with Crippen molar-refractivity contribution in [2.24, 2.45) is 7.05 Å². The zero-order valence-electron chi connectivity index (χ0n) is 18.1. The number of amides is 1. The molecular weight excluding hydrogens is 511 g/mol. The van der Waals surface area contributed by atoms with Gasteiger partial charge in [-0.1, -0.05) is 71.4 Å². The third-order valence-corrected chi connectivity index (χ3v) is 8.35. The second kappa shape index (κ2) is 10.1. The van der Waals surface area contributed by atoms with Crippen LogP contribution in [0.25, 0.3) is 0 Å². The largest absolute Gasteiger partial charge is 0.484 e. The van der Waals surface area contributed by atoms with E-state index in [0.717, 1.165) is 10.6 Å². The molecule has 1 aliphatic carbocycles. The molecule has 2 atom stereocenters. The van der Waals surface area contributed by atoms with Crippen molar-refractivity contribution in [3.05, 3.63) is 82.6 Å². The number of allylic oxidation sites excluding steroid dienone is 2. The van der Waals surface area contributed by atoms with Crippen molar-refractivity contribution in [2.45, 2.75) is 28.0 Å². The molecule has 0 bridgehead atoms. The van der Waals surface area contributed by atoms with Gasteiger partial charge in [-0.15, -0.1) is 22.0 Å². The summed E-state index contributed by atoms with van der Waals surface area (Å²) in [4.78, 5) is 16.4. The van der Waals surface area contributed by atoms with Crippen LogP contribution in [0.2, 0.25) is 10.0 Å².